The number of nitrogens with two attached hydrogens (primary N) is 1. The molecule has 7 heavy (non-hydrogen) atoms. The van der Waals surface area contributed by atoms with Crippen LogP contribution in [-0.4, -0.2) is 16.0 Å². The Hall–Kier alpha value is -0.160. The van der Waals surface area contributed by atoms with Crippen LogP contribution in [0, 0.1) is 5.21 Å². The summed E-state index contributed by atoms with van der Waals surface area (Å²) in [5, 5.41) is 18.5. The maximum absolute atomic E-state index is 9.91. The maximum atomic E-state index is 9.91. The van der Waals surface area contributed by atoms with Gasteiger partial charge in [-0.25, -0.2) is 0 Å². The van der Waals surface area contributed by atoms with Crippen LogP contribution in [-0.2, 0) is 0 Å². The number of hydroxylamine groups is 1. The molecule has 0 aromatic rings. The highest BCUT2D eigenvalue weighted by atomic mass is 16.6. The van der Waals surface area contributed by atoms with Gasteiger partial charge in [-0.2, -0.15) is 0 Å². The first-order valence-corrected chi connectivity index (χ1v) is 1.89. The number of aliphatic hydroxyl groups is 1. The minimum absolute atomic E-state index is 0.00694. The minimum atomic E-state index is -1.44. The van der Waals surface area contributed by atoms with Crippen LogP contribution in [0.1, 0.15) is 13.8 Å². The zero-order chi connectivity index (χ0) is 6.08. The summed E-state index contributed by atoms with van der Waals surface area (Å²) in [7, 11) is 0. The lowest BCUT2D eigenvalue weighted by Crippen LogP contribution is -2.44. The van der Waals surface area contributed by atoms with Crippen LogP contribution in [0.3, 0.4) is 0 Å². The predicted octanol–water partition coefficient (Wildman–Crippen LogP) is -0.612. The highest BCUT2D eigenvalue weighted by Crippen LogP contribution is 2.00. The Morgan fingerprint density at radius 1 is 1.71 bits per heavy atom. The van der Waals surface area contributed by atoms with Crippen LogP contribution >= 0.6 is 0 Å². The Balaban J connectivity index is 3.54. The van der Waals surface area contributed by atoms with E-state index in [9.17, 15) is 5.21 Å². The monoisotopic (exact) mass is 105 g/mol. The zero-order valence-corrected chi connectivity index (χ0v) is 4.38. The molecular formula is C3H9N2O2-. The zero-order valence-electron chi connectivity index (χ0n) is 4.38. The second-order valence-electron chi connectivity index (χ2n) is 1.82. The smallest absolute Gasteiger partial charge is 0.113 e. The maximum Gasteiger partial charge on any atom is 0.113 e. The first-order valence-electron chi connectivity index (χ1n) is 1.89. The summed E-state index contributed by atoms with van der Waals surface area (Å²) in [4.78, 5) is 0. The molecule has 0 aromatic carbocycles. The van der Waals surface area contributed by atoms with Gasteiger partial charge < -0.3 is 10.3 Å². The normalized spacial score (nSPS) is 12.9. The minimum Gasteiger partial charge on any atom is -0.770 e. The third-order valence-corrected chi connectivity index (χ3v) is 0.539. The molecule has 0 amide bonds. The molecule has 0 saturated carbocycles. The molecule has 0 unspecified atom stereocenters. The van der Waals surface area contributed by atoms with Crippen molar-refractivity contribution < 1.29 is 5.11 Å². The lowest BCUT2D eigenvalue weighted by molar-refractivity contribution is -0.0505. The molecule has 0 spiro atoms. The van der Waals surface area contributed by atoms with Crippen molar-refractivity contribution in [1.82, 2.24) is 5.17 Å². The summed E-state index contributed by atoms with van der Waals surface area (Å²) in [6.45, 7) is 2.61. The third-order valence-electron chi connectivity index (χ3n) is 0.539. The van der Waals surface area contributed by atoms with E-state index in [2.05, 4.69) is 5.84 Å². The Morgan fingerprint density at radius 2 is 1.86 bits per heavy atom. The second-order valence-corrected chi connectivity index (χ2v) is 1.82. The SMILES string of the molecule is CC(C)(O)N(N)[O-]. The largest absolute Gasteiger partial charge is 0.770 e. The van der Waals surface area contributed by atoms with Crippen molar-refractivity contribution in [3.05, 3.63) is 5.21 Å². The molecule has 0 aliphatic heterocycles. The summed E-state index contributed by atoms with van der Waals surface area (Å²) in [6, 6.07) is 0. The Labute approximate surface area is 42.1 Å². The summed E-state index contributed by atoms with van der Waals surface area (Å²) >= 11 is 0. The lowest BCUT2D eigenvalue weighted by atomic mass is 10.3. The lowest BCUT2D eigenvalue weighted by Gasteiger charge is -2.34. The fraction of sp³-hybridized carbons (Fsp3) is 1.00. The highest BCUT2D eigenvalue weighted by molar-refractivity contribution is 4.61. The molecule has 0 aliphatic carbocycles. The van der Waals surface area contributed by atoms with E-state index < -0.39 is 5.72 Å². The Bertz CT molecular complexity index is 56.4. The molecule has 0 fully saturated rings. The van der Waals surface area contributed by atoms with Gasteiger partial charge in [0, 0.05) is 0 Å². The van der Waals surface area contributed by atoms with Gasteiger partial charge in [-0.1, -0.05) is 0 Å². The van der Waals surface area contributed by atoms with E-state index in [0.717, 1.165) is 0 Å². The first-order chi connectivity index (χ1) is 2.94. The summed E-state index contributed by atoms with van der Waals surface area (Å²) in [5.41, 5.74) is -1.44. The van der Waals surface area contributed by atoms with E-state index in [1.807, 2.05) is 0 Å². The fourth-order valence-electron chi connectivity index (χ4n) is 0. The van der Waals surface area contributed by atoms with Crippen molar-refractivity contribution in [2.75, 3.05) is 0 Å². The van der Waals surface area contributed by atoms with Crippen molar-refractivity contribution in [1.29, 1.82) is 0 Å². The van der Waals surface area contributed by atoms with E-state index in [1.54, 1.807) is 0 Å². The fourth-order valence-corrected chi connectivity index (χ4v) is 0. The number of nitrogens with zero attached hydrogens (tertiary/aromatic N) is 1. The van der Waals surface area contributed by atoms with E-state index in [4.69, 9.17) is 5.11 Å². The van der Waals surface area contributed by atoms with E-state index in [-0.39, 0.29) is 5.17 Å². The molecule has 3 N–H and O–H groups in total. The predicted molar refractivity (Wildman–Crippen MR) is 25.7 cm³/mol. The average molecular weight is 105 g/mol. The quantitative estimate of drug-likeness (QED) is 0.265. The van der Waals surface area contributed by atoms with Crippen molar-refractivity contribution >= 4 is 0 Å². The van der Waals surface area contributed by atoms with Gasteiger partial charge >= 0.3 is 0 Å². The summed E-state index contributed by atoms with van der Waals surface area (Å²) in [5.74, 6) is 4.60. The summed E-state index contributed by atoms with van der Waals surface area (Å²) in [6.07, 6.45) is 0. The van der Waals surface area contributed by atoms with Crippen LogP contribution in [0.15, 0.2) is 0 Å². The molecule has 4 nitrogen and oxygen atoms in total. The van der Waals surface area contributed by atoms with Crippen LogP contribution in [0.5, 0.6) is 0 Å². The average Bonchev–Trinajstić information content (AvgIpc) is 1.31. The number of hydrogen-bond acceptors (Lipinski definition) is 4. The second kappa shape index (κ2) is 1.75. The Kier molecular flexibility index (Phi) is 1.71. The number of rotatable bonds is 1. The van der Waals surface area contributed by atoms with Gasteiger partial charge in [0.15, 0.2) is 0 Å². The van der Waals surface area contributed by atoms with Crippen molar-refractivity contribution in [3.8, 4) is 0 Å². The molecule has 4 heteroatoms. The molecule has 0 atom stereocenters. The molecule has 0 aromatic heterocycles. The topological polar surface area (TPSA) is 72.5 Å². The van der Waals surface area contributed by atoms with Crippen LogP contribution in [0.2, 0.25) is 0 Å². The van der Waals surface area contributed by atoms with Crippen molar-refractivity contribution in [2.24, 2.45) is 5.84 Å². The van der Waals surface area contributed by atoms with Crippen LogP contribution in [0.4, 0.5) is 0 Å². The van der Waals surface area contributed by atoms with E-state index in [1.165, 1.54) is 13.8 Å². The van der Waals surface area contributed by atoms with Gasteiger partial charge in [-0.05, 0) is 13.8 Å². The Morgan fingerprint density at radius 3 is 1.86 bits per heavy atom. The van der Waals surface area contributed by atoms with Crippen molar-refractivity contribution in [3.63, 3.8) is 0 Å². The molecule has 0 heterocycles. The molecular weight excluding hydrogens is 96.0 g/mol. The summed E-state index contributed by atoms with van der Waals surface area (Å²) < 4.78 is 0. The van der Waals surface area contributed by atoms with Gasteiger partial charge in [-0.3, -0.25) is 11.0 Å². The van der Waals surface area contributed by atoms with Crippen molar-refractivity contribution in [2.45, 2.75) is 19.6 Å². The van der Waals surface area contributed by atoms with Crippen LogP contribution < -0.4 is 5.84 Å². The van der Waals surface area contributed by atoms with Gasteiger partial charge in [0.25, 0.3) is 0 Å². The van der Waals surface area contributed by atoms with Gasteiger partial charge in [0.2, 0.25) is 0 Å². The third kappa shape index (κ3) is 2.52. The molecule has 0 aliphatic rings. The number of hydrogen-bond donors (Lipinski definition) is 2. The first kappa shape index (κ1) is 6.84. The molecule has 0 rings (SSSR count). The molecule has 44 valence electrons. The molecule has 0 radical (unpaired) electrons. The van der Waals surface area contributed by atoms with Crippen LogP contribution in [0.25, 0.3) is 0 Å². The molecule has 0 saturated heterocycles. The highest BCUT2D eigenvalue weighted by Gasteiger charge is 2.09. The van der Waals surface area contributed by atoms with Gasteiger partial charge in [0.1, 0.15) is 5.72 Å². The molecule has 0 bridgehead atoms. The van der Waals surface area contributed by atoms with E-state index in [0.29, 0.717) is 0 Å². The van der Waals surface area contributed by atoms with Gasteiger partial charge in [0.05, 0.1) is 0 Å². The van der Waals surface area contributed by atoms with E-state index >= 15 is 0 Å². The number of hydrazine groups is 1. The van der Waals surface area contributed by atoms with Gasteiger partial charge in [-0.15, -0.1) is 0 Å². The standard InChI is InChI=1S/C3H9N2O2/c1-3(2,6)5(4)7/h6H,4H2,1-2H3/q-1.